The van der Waals surface area contributed by atoms with Crippen molar-refractivity contribution in [1.82, 2.24) is 5.01 Å². The number of aliphatic hydroxyl groups is 3. The number of hydrogen-bond acceptors (Lipinski definition) is 7. The summed E-state index contributed by atoms with van der Waals surface area (Å²) in [5.74, 6) is -0.333. The maximum Gasteiger partial charge on any atom is 0.214 e. The van der Waals surface area contributed by atoms with Gasteiger partial charge >= 0.3 is 0 Å². The topological polar surface area (TPSA) is 129 Å². The summed E-state index contributed by atoms with van der Waals surface area (Å²) in [5, 5.41) is 34.0. The van der Waals surface area contributed by atoms with Crippen molar-refractivity contribution in [3.8, 4) is 0 Å². The van der Waals surface area contributed by atoms with Gasteiger partial charge in [0, 0.05) is 26.3 Å². The van der Waals surface area contributed by atoms with Crippen molar-refractivity contribution in [3.63, 3.8) is 0 Å². The third kappa shape index (κ3) is 14.3. The number of nitrogens with zero attached hydrogens (tertiary/aromatic N) is 2. The van der Waals surface area contributed by atoms with Crippen molar-refractivity contribution >= 4 is 12.6 Å². The average Bonchev–Trinajstić information content (AvgIpc) is 2.65. The minimum atomic E-state index is -1.08. The summed E-state index contributed by atoms with van der Waals surface area (Å²) < 4.78 is 5.54. The van der Waals surface area contributed by atoms with Crippen LogP contribution in [0.4, 0.5) is 0 Å². The van der Waals surface area contributed by atoms with Crippen LogP contribution < -0.4 is 5.73 Å². The Morgan fingerprint density at radius 3 is 2.15 bits per heavy atom. The van der Waals surface area contributed by atoms with Gasteiger partial charge in [0.25, 0.3) is 0 Å². The molecule has 1 rings (SSSR count). The van der Waals surface area contributed by atoms with Gasteiger partial charge in [-0.2, -0.15) is 5.10 Å². The van der Waals surface area contributed by atoms with Crippen molar-refractivity contribution in [2.75, 3.05) is 6.61 Å². The van der Waals surface area contributed by atoms with Gasteiger partial charge in [-0.3, -0.25) is 4.79 Å². The van der Waals surface area contributed by atoms with E-state index in [2.05, 4.69) is 24.5 Å². The second-order valence-electron chi connectivity index (χ2n) is 5.46. The highest BCUT2D eigenvalue weighted by Gasteiger charge is 2.38. The number of carbonyl (C=O) groups is 1. The lowest BCUT2D eigenvalue weighted by Gasteiger charge is -2.39. The number of hydrazone groups is 1. The van der Waals surface area contributed by atoms with Crippen LogP contribution in [0.15, 0.2) is 16.9 Å². The Morgan fingerprint density at radius 2 is 1.78 bits per heavy atom. The van der Waals surface area contributed by atoms with E-state index in [0.717, 1.165) is 18.4 Å². The Balaban J connectivity index is -0.000000621. The molecule has 27 heavy (non-hydrogen) atoms. The first kappa shape index (κ1) is 30.3. The van der Waals surface area contributed by atoms with Crippen molar-refractivity contribution in [3.05, 3.63) is 11.8 Å². The minimum Gasteiger partial charge on any atom is -0.394 e. The standard InChI is InChI=1S/C13H24N2O4.C2H5NO.2C2H6/c1-4-5-9(2)7-15(14-3)12-6-10(17)13(18)11(8-16)19-12;1-2(3)4;2*1-2/h7,10-13,16-18H,3-6,8H2,1-2H3;1H3,(H2,3,4);2*1-2H3/b9-7-;;;. The summed E-state index contributed by atoms with van der Waals surface area (Å²) in [6.45, 7) is 16.5. The molecule has 0 saturated carbocycles. The molecule has 1 saturated heterocycles. The molecule has 0 aromatic heterocycles. The highest BCUT2D eigenvalue weighted by molar-refractivity contribution is 5.70. The van der Waals surface area contributed by atoms with Crippen molar-refractivity contribution in [2.45, 2.75) is 92.3 Å². The lowest BCUT2D eigenvalue weighted by Crippen LogP contribution is -2.53. The van der Waals surface area contributed by atoms with Crippen LogP contribution in [0, 0.1) is 0 Å². The molecule has 4 unspecified atom stereocenters. The summed E-state index contributed by atoms with van der Waals surface area (Å²) in [7, 11) is 0. The summed E-state index contributed by atoms with van der Waals surface area (Å²) in [6.07, 6.45) is 0.644. The fraction of sp³-hybridized carbons (Fsp3) is 0.789. The second kappa shape index (κ2) is 19.3. The van der Waals surface area contributed by atoms with Gasteiger partial charge in [0.1, 0.15) is 12.2 Å². The molecule has 4 atom stereocenters. The lowest BCUT2D eigenvalue weighted by atomic mass is 10.0. The van der Waals surface area contributed by atoms with E-state index in [9.17, 15) is 15.0 Å². The zero-order valence-corrected chi connectivity index (χ0v) is 18.1. The fourth-order valence-electron chi connectivity index (χ4n) is 2.15. The normalized spacial score (nSPS) is 24.0. The van der Waals surface area contributed by atoms with Crippen LogP contribution in [-0.2, 0) is 9.53 Å². The third-order valence-corrected chi connectivity index (χ3v) is 3.19. The Labute approximate surface area is 164 Å². The number of hydrogen-bond donors (Lipinski definition) is 4. The molecule has 1 fully saturated rings. The summed E-state index contributed by atoms with van der Waals surface area (Å²) >= 11 is 0. The van der Waals surface area contributed by atoms with Crippen LogP contribution in [0.3, 0.4) is 0 Å². The average molecular weight is 392 g/mol. The molecule has 8 nitrogen and oxygen atoms in total. The van der Waals surface area contributed by atoms with E-state index in [1.165, 1.54) is 11.9 Å². The molecule has 0 bridgehead atoms. The van der Waals surface area contributed by atoms with Gasteiger partial charge in [-0.05, 0) is 13.3 Å². The number of ether oxygens (including phenoxy) is 1. The molecular formula is C19H41N3O5. The summed E-state index contributed by atoms with van der Waals surface area (Å²) in [6, 6.07) is 0. The number of rotatable bonds is 6. The first-order valence-corrected chi connectivity index (χ1v) is 9.57. The number of allylic oxidation sites excluding steroid dienone is 1. The molecule has 0 spiro atoms. The van der Waals surface area contributed by atoms with Gasteiger partial charge in [0.2, 0.25) is 5.91 Å². The van der Waals surface area contributed by atoms with Crippen LogP contribution >= 0.6 is 0 Å². The maximum atomic E-state index is 9.78. The molecule has 1 heterocycles. The Bertz CT molecular complexity index is 401. The van der Waals surface area contributed by atoms with E-state index in [1.807, 2.05) is 40.8 Å². The quantitative estimate of drug-likeness (QED) is 0.405. The first-order chi connectivity index (χ1) is 12.8. The van der Waals surface area contributed by atoms with E-state index in [4.69, 9.17) is 9.84 Å². The van der Waals surface area contributed by atoms with E-state index in [0.29, 0.717) is 0 Å². The van der Waals surface area contributed by atoms with Crippen molar-refractivity contribution in [2.24, 2.45) is 10.8 Å². The van der Waals surface area contributed by atoms with Gasteiger partial charge in [-0.1, -0.05) is 46.6 Å². The minimum absolute atomic E-state index is 0.215. The number of carbonyl (C=O) groups excluding carboxylic acids is 1. The maximum absolute atomic E-state index is 9.78. The first-order valence-electron chi connectivity index (χ1n) is 9.57. The Hall–Kier alpha value is -1.48. The van der Waals surface area contributed by atoms with Gasteiger partial charge in [-0.25, -0.2) is 5.01 Å². The van der Waals surface area contributed by atoms with E-state index >= 15 is 0 Å². The van der Waals surface area contributed by atoms with Crippen LogP contribution in [0.5, 0.6) is 0 Å². The van der Waals surface area contributed by atoms with Crippen molar-refractivity contribution in [1.29, 1.82) is 0 Å². The van der Waals surface area contributed by atoms with Gasteiger partial charge in [-0.15, -0.1) is 0 Å². The molecular weight excluding hydrogens is 350 g/mol. The smallest absolute Gasteiger partial charge is 0.214 e. The molecule has 0 aliphatic carbocycles. The molecule has 162 valence electrons. The molecule has 5 N–H and O–H groups in total. The molecule has 1 aliphatic rings. The van der Waals surface area contributed by atoms with Crippen LogP contribution in [0.1, 0.15) is 67.7 Å². The monoisotopic (exact) mass is 391 g/mol. The van der Waals surface area contributed by atoms with Crippen LogP contribution in [-0.4, -0.2) is 64.1 Å². The predicted molar refractivity (Wildman–Crippen MR) is 110 cm³/mol. The number of nitrogens with two attached hydrogens (primary N) is 1. The largest absolute Gasteiger partial charge is 0.394 e. The zero-order chi connectivity index (χ0) is 22.0. The SMILES string of the molecule is C=NN(/C=C(/C)CCC)C1CC(O)C(O)C(CO)O1.CC.CC.CC(N)=O. The molecule has 1 amide bonds. The van der Waals surface area contributed by atoms with Gasteiger partial charge < -0.3 is 25.8 Å². The van der Waals surface area contributed by atoms with E-state index in [1.54, 1.807) is 0 Å². The summed E-state index contributed by atoms with van der Waals surface area (Å²) in [5.41, 5.74) is 5.60. The van der Waals surface area contributed by atoms with Gasteiger partial charge in [0.05, 0.1) is 12.7 Å². The molecule has 0 aromatic rings. The Kier molecular flexibility index (Phi) is 21.6. The molecule has 1 aliphatic heterocycles. The molecule has 0 aromatic carbocycles. The fourth-order valence-corrected chi connectivity index (χ4v) is 2.15. The van der Waals surface area contributed by atoms with Crippen molar-refractivity contribution < 1.29 is 24.9 Å². The number of aliphatic hydroxyl groups excluding tert-OH is 3. The zero-order valence-electron chi connectivity index (χ0n) is 18.1. The Morgan fingerprint density at radius 1 is 1.30 bits per heavy atom. The number of primary amides is 1. The highest BCUT2D eigenvalue weighted by atomic mass is 16.5. The second-order valence-corrected chi connectivity index (χ2v) is 5.46. The van der Waals surface area contributed by atoms with E-state index in [-0.39, 0.29) is 18.9 Å². The lowest BCUT2D eigenvalue weighted by molar-refractivity contribution is -0.210. The summed E-state index contributed by atoms with van der Waals surface area (Å²) in [4.78, 5) is 9.22. The molecule has 0 radical (unpaired) electrons. The van der Waals surface area contributed by atoms with Crippen LogP contribution in [0.2, 0.25) is 0 Å². The number of amides is 1. The predicted octanol–water partition coefficient (Wildman–Crippen LogP) is 1.98. The van der Waals surface area contributed by atoms with Crippen LogP contribution in [0.25, 0.3) is 0 Å². The highest BCUT2D eigenvalue weighted by Crippen LogP contribution is 2.24. The van der Waals surface area contributed by atoms with Gasteiger partial charge in [0.15, 0.2) is 6.23 Å². The van der Waals surface area contributed by atoms with E-state index < -0.39 is 24.5 Å². The molecule has 8 heteroatoms. The third-order valence-electron chi connectivity index (χ3n) is 3.19.